The minimum absolute atomic E-state index is 0.0296. The standard InChI is InChI=1S/C20H24ClN3O3/c1-20(2,3)24-19(27)23-16-12-14(11-15(21)18(16)26)22-17(25)10-9-13-7-5-4-6-8-13/h4-8,11-12,26H,9-10H2,1-3H3,(H,22,25)(H2,23,24,27). The van der Waals surface area contributed by atoms with Crippen molar-refractivity contribution >= 4 is 34.9 Å². The molecule has 0 aliphatic heterocycles. The fourth-order valence-corrected chi connectivity index (χ4v) is 2.61. The Hall–Kier alpha value is -2.73. The van der Waals surface area contributed by atoms with E-state index in [2.05, 4.69) is 16.0 Å². The molecule has 0 unspecified atom stereocenters. The van der Waals surface area contributed by atoms with Gasteiger partial charge in [-0.1, -0.05) is 41.9 Å². The predicted molar refractivity (Wildman–Crippen MR) is 108 cm³/mol. The largest absolute Gasteiger partial charge is 0.504 e. The number of nitrogens with one attached hydrogen (secondary N) is 3. The number of halogens is 1. The molecule has 6 nitrogen and oxygen atoms in total. The first-order valence-electron chi connectivity index (χ1n) is 8.59. The van der Waals surface area contributed by atoms with Gasteiger partial charge in [-0.25, -0.2) is 4.79 Å². The highest BCUT2D eigenvalue weighted by Crippen LogP contribution is 2.35. The number of amides is 3. The molecule has 27 heavy (non-hydrogen) atoms. The fraction of sp³-hybridized carbons (Fsp3) is 0.300. The molecule has 0 heterocycles. The molecule has 4 N–H and O–H groups in total. The molecule has 2 aromatic carbocycles. The minimum Gasteiger partial charge on any atom is -0.504 e. The molecule has 2 rings (SSSR count). The number of phenolic OH excluding ortho intramolecular Hbond substituents is 1. The maximum absolute atomic E-state index is 12.2. The Bertz CT molecular complexity index is 817. The van der Waals surface area contributed by atoms with Gasteiger partial charge in [0.25, 0.3) is 0 Å². The number of aromatic hydroxyl groups is 1. The van der Waals surface area contributed by atoms with Gasteiger partial charge >= 0.3 is 6.03 Å². The van der Waals surface area contributed by atoms with Crippen molar-refractivity contribution in [3.63, 3.8) is 0 Å². The van der Waals surface area contributed by atoms with E-state index < -0.39 is 11.6 Å². The van der Waals surface area contributed by atoms with E-state index in [0.29, 0.717) is 18.5 Å². The average molecular weight is 390 g/mol. The van der Waals surface area contributed by atoms with Crippen molar-refractivity contribution < 1.29 is 14.7 Å². The zero-order chi connectivity index (χ0) is 20.0. The van der Waals surface area contributed by atoms with Crippen molar-refractivity contribution in [3.05, 3.63) is 53.1 Å². The van der Waals surface area contributed by atoms with E-state index >= 15 is 0 Å². The van der Waals surface area contributed by atoms with Gasteiger partial charge in [0.05, 0.1) is 10.7 Å². The molecule has 0 aliphatic rings. The van der Waals surface area contributed by atoms with Gasteiger partial charge in [-0.15, -0.1) is 0 Å². The third kappa shape index (κ3) is 6.83. The van der Waals surface area contributed by atoms with Gasteiger partial charge in [-0.3, -0.25) is 4.79 Å². The van der Waals surface area contributed by atoms with Crippen molar-refractivity contribution in [2.24, 2.45) is 0 Å². The van der Waals surface area contributed by atoms with E-state index in [1.807, 2.05) is 51.1 Å². The highest BCUT2D eigenvalue weighted by Gasteiger charge is 2.17. The summed E-state index contributed by atoms with van der Waals surface area (Å²) in [5.41, 5.74) is 1.13. The molecule has 0 fully saturated rings. The Labute approximate surface area is 163 Å². The number of urea groups is 1. The van der Waals surface area contributed by atoms with E-state index in [0.717, 1.165) is 5.56 Å². The molecule has 2 aromatic rings. The number of hydrogen-bond donors (Lipinski definition) is 4. The van der Waals surface area contributed by atoms with Crippen LogP contribution in [0.5, 0.6) is 5.75 Å². The lowest BCUT2D eigenvalue weighted by molar-refractivity contribution is -0.116. The van der Waals surface area contributed by atoms with Gasteiger partial charge in [-0.2, -0.15) is 0 Å². The van der Waals surface area contributed by atoms with Crippen LogP contribution in [0.2, 0.25) is 5.02 Å². The molecule has 7 heteroatoms. The first-order chi connectivity index (χ1) is 12.6. The molecule has 0 atom stereocenters. The lowest BCUT2D eigenvalue weighted by atomic mass is 10.1. The summed E-state index contributed by atoms with van der Waals surface area (Å²) >= 11 is 6.02. The molecule has 0 saturated heterocycles. The van der Waals surface area contributed by atoms with Crippen LogP contribution in [0.4, 0.5) is 16.2 Å². The highest BCUT2D eigenvalue weighted by molar-refractivity contribution is 6.33. The molecule has 0 radical (unpaired) electrons. The number of hydrogen-bond acceptors (Lipinski definition) is 3. The molecule has 0 aliphatic carbocycles. The van der Waals surface area contributed by atoms with Crippen LogP contribution in [-0.4, -0.2) is 22.6 Å². The Morgan fingerprint density at radius 3 is 2.37 bits per heavy atom. The smallest absolute Gasteiger partial charge is 0.319 e. The number of carbonyl (C=O) groups excluding carboxylic acids is 2. The van der Waals surface area contributed by atoms with Gasteiger partial charge in [0.15, 0.2) is 5.75 Å². The van der Waals surface area contributed by atoms with Gasteiger partial charge in [0, 0.05) is 17.6 Å². The number of anilines is 2. The second-order valence-corrected chi connectivity index (χ2v) is 7.62. The predicted octanol–water partition coefficient (Wildman–Crippen LogP) is 4.54. The number of benzene rings is 2. The second kappa shape index (κ2) is 8.77. The maximum atomic E-state index is 12.2. The Morgan fingerprint density at radius 1 is 1.07 bits per heavy atom. The SMILES string of the molecule is CC(C)(C)NC(=O)Nc1cc(NC(=O)CCc2ccccc2)cc(Cl)c1O. The van der Waals surface area contributed by atoms with E-state index in [4.69, 9.17) is 11.6 Å². The number of phenols is 1. The van der Waals surface area contributed by atoms with Crippen LogP contribution in [0, 0.1) is 0 Å². The van der Waals surface area contributed by atoms with Crippen LogP contribution in [-0.2, 0) is 11.2 Å². The number of carbonyl (C=O) groups is 2. The normalized spacial score (nSPS) is 11.0. The van der Waals surface area contributed by atoms with Crippen molar-refractivity contribution in [1.82, 2.24) is 5.32 Å². The van der Waals surface area contributed by atoms with Crippen LogP contribution in [0.1, 0.15) is 32.8 Å². The minimum atomic E-state index is -0.485. The third-order valence-electron chi connectivity index (χ3n) is 3.57. The molecule has 0 bridgehead atoms. The van der Waals surface area contributed by atoms with Crippen LogP contribution in [0.15, 0.2) is 42.5 Å². The van der Waals surface area contributed by atoms with Crippen LogP contribution < -0.4 is 16.0 Å². The second-order valence-electron chi connectivity index (χ2n) is 7.22. The molecule has 3 amide bonds. The summed E-state index contributed by atoms with van der Waals surface area (Å²) < 4.78 is 0. The zero-order valence-electron chi connectivity index (χ0n) is 15.6. The summed E-state index contributed by atoms with van der Waals surface area (Å²) in [7, 11) is 0. The zero-order valence-corrected chi connectivity index (χ0v) is 16.4. The number of rotatable bonds is 5. The summed E-state index contributed by atoms with van der Waals surface area (Å²) in [5.74, 6) is -0.450. The molecule has 144 valence electrons. The number of aryl methyl sites for hydroxylation is 1. The van der Waals surface area contributed by atoms with Crippen molar-refractivity contribution in [1.29, 1.82) is 0 Å². The van der Waals surface area contributed by atoms with E-state index in [1.54, 1.807) is 0 Å². The Morgan fingerprint density at radius 2 is 1.74 bits per heavy atom. The Kier molecular flexibility index (Phi) is 6.69. The van der Waals surface area contributed by atoms with Gasteiger partial charge < -0.3 is 21.1 Å². The van der Waals surface area contributed by atoms with Gasteiger partial charge in [0.2, 0.25) is 5.91 Å². The fourth-order valence-electron chi connectivity index (χ4n) is 2.39. The van der Waals surface area contributed by atoms with Gasteiger partial charge in [-0.05, 0) is 44.9 Å². The molecular formula is C20H24ClN3O3. The van der Waals surface area contributed by atoms with E-state index in [-0.39, 0.29) is 22.4 Å². The summed E-state index contributed by atoms with van der Waals surface area (Å²) in [5, 5.41) is 18.1. The van der Waals surface area contributed by atoms with Crippen molar-refractivity contribution in [2.75, 3.05) is 10.6 Å². The summed E-state index contributed by atoms with van der Waals surface area (Å²) in [4.78, 5) is 24.2. The van der Waals surface area contributed by atoms with Crippen molar-refractivity contribution in [3.8, 4) is 5.75 Å². The molecular weight excluding hydrogens is 366 g/mol. The van der Waals surface area contributed by atoms with Crippen LogP contribution in [0.3, 0.4) is 0 Å². The summed E-state index contributed by atoms with van der Waals surface area (Å²) in [6.07, 6.45) is 0.910. The first kappa shape index (κ1) is 20.6. The van der Waals surface area contributed by atoms with Crippen LogP contribution >= 0.6 is 11.6 Å². The topological polar surface area (TPSA) is 90.5 Å². The van der Waals surface area contributed by atoms with E-state index in [1.165, 1.54) is 12.1 Å². The monoisotopic (exact) mass is 389 g/mol. The Balaban J connectivity index is 2.03. The molecule has 0 spiro atoms. The van der Waals surface area contributed by atoms with Gasteiger partial charge in [0.1, 0.15) is 0 Å². The van der Waals surface area contributed by atoms with E-state index in [9.17, 15) is 14.7 Å². The summed E-state index contributed by atoms with van der Waals surface area (Å²) in [6.45, 7) is 5.51. The highest BCUT2D eigenvalue weighted by atomic mass is 35.5. The lowest BCUT2D eigenvalue weighted by Gasteiger charge is -2.21. The maximum Gasteiger partial charge on any atom is 0.319 e. The van der Waals surface area contributed by atoms with Crippen LogP contribution in [0.25, 0.3) is 0 Å². The molecule has 0 aromatic heterocycles. The summed E-state index contributed by atoms with van der Waals surface area (Å²) in [6, 6.07) is 12.1. The quantitative estimate of drug-likeness (QED) is 0.447. The first-order valence-corrected chi connectivity index (χ1v) is 8.97. The lowest BCUT2D eigenvalue weighted by Crippen LogP contribution is -2.43. The average Bonchev–Trinajstić information content (AvgIpc) is 2.56. The molecule has 0 saturated carbocycles. The van der Waals surface area contributed by atoms with Crippen molar-refractivity contribution in [2.45, 2.75) is 39.2 Å². The third-order valence-corrected chi connectivity index (χ3v) is 3.86.